The molecule has 0 amide bonds. The van der Waals surface area contributed by atoms with Gasteiger partial charge in [0.05, 0.1) is 0 Å². The zero-order valence-electron chi connectivity index (χ0n) is 8.31. The molecule has 1 heterocycles. The number of carbonyl (C=O) groups excluding carboxylic acids is 1. The Kier molecular flexibility index (Phi) is 3.81. The van der Waals surface area contributed by atoms with Gasteiger partial charge in [-0.15, -0.1) is 0 Å². The number of carboxylic acid groups (broad SMARTS) is 1. The number of rotatable bonds is 2. The molecule has 8 heteroatoms. The molecule has 0 aromatic rings. The molecule has 1 aliphatic heterocycles. The van der Waals surface area contributed by atoms with Gasteiger partial charge in [0, 0.05) is 6.92 Å². The van der Waals surface area contributed by atoms with Crippen molar-refractivity contribution in [2.24, 2.45) is 0 Å². The second kappa shape index (κ2) is 4.74. The van der Waals surface area contributed by atoms with E-state index in [1.54, 1.807) is 0 Å². The van der Waals surface area contributed by atoms with Crippen LogP contribution in [0.1, 0.15) is 6.92 Å². The van der Waals surface area contributed by atoms with Gasteiger partial charge in [0.1, 0.15) is 18.3 Å². The van der Waals surface area contributed by atoms with Gasteiger partial charge in [-0.05, 0) is 0 Å². The van der Waals surface area contributed by atoms with E-state index in [4.69, 9.17) is 5.11 Å². The van der Waals surface area contributed by atoms with Crippen LogP contribution in [-0.4, -0.2) is 63.1 Å². The number of esters is 1. The highest BCUT2D eigenvalue weighted by molar-refractivity contribution is 5.73. The van der Waals surface area contributed by atoms with E-state index in [1.165, 1.54) is 0 Å². The summed E-state index contributed by atoms with van der Waals surface area (Å²) in [4.78, 5) is 21.2. The topological polar surface area (TPSA) is 134 Å². The Morgan fingerprint density at radius 1 is 1.12 bits per heavy atom. The van der Waals surface area contributed by atoms with E-state index in [-0.39, 0.29) is 0 Å². The van der Waals surface area contributed by atoms with Crippen molar-refractivity contribution in [3.63, 3.8) is 0 Å². The summed E-state index contributed by atoms with van der Waals surface area (Å²) in [6, 6.07) is 0. The van der Waals surface area contributed by atoms with E-state index < -0.39 is 42.6 Å². The first kappa shape index (κ1) is 12.8. The fraction of sp³-hybridized carbons (Fsp3) is 0.750. The van der Waals surface area contributed by atoms with E-state index in [0.717, 1.165) is 6.92 Å². The van der Waals surface area contributed by atoms with Crippen LogP contribution < -0.4 is 0 Å². The molecule has 1 aliphatic rings. The highest BCUT2D eigenvalue weighted by Crippen LogP contribution is 2.22. The highest BCUT2D eigenvalue weighted by Gasteiger charge is 2.48. The highest BCUT2D eigenvalue weighted by atomic mass is 16.7. The van der Waals surface area contributed by atoms with Gasteiger partial charge in [-0.25, -0.2) is 4.79 Å². The van der Waals surface area contributed by atoms with Crippen molar-refractivity contribution >= 4 is 11.9 Å². The van der Waals surface area contributed by atoms with Crippen molar-refractivity contribution < 1.29 is 39.5 Å². The molecule has 0 spiro atoms. The van der Waals surface area contributed by atoms with Crippen LogP contribution in [-0.2, 0) is 19.1 Å². The molecule has 0 aromatic carbocycles. The smallest absolute Gasteiger partial charge is 0.335 e. The number of carboxylic acids is 1. The van der Waals surface area contributed by atoms with E-state index >= 15 is 0 Å². The van der Waals surface area contributed by atoms with E-state index in [2.05, 4.69) is 9.47 Å². The molecule has 0 aliphatic carbocycles. The fourth-order valence-electron chi connectivity index (χ4n) is 1.31. The average molecular weight is 236 g/mol. The molecule has 5 atom stereocenters. The standard InChI is InChI=1S/C8H12O8/c1-2(9)15-8-5(12)3(10)4(11)6(16-8)7(13)14/h3-6,8,10-12H,1H3,(H,13,14)/t3-,4-,5+,6-,8?/m0/s1. The minimum atomic E-state index is -1.79. The minimum Gasteiger partial charge on any atom is -0.479 e. The molecule has 8 nitrogen and oxygen atoms in total. The quantitative estimate of drug-likeness (QED) is 0.385. The van der Waals surface area contributed by atoms with Gasteiger partial charge >= 0.3 is 11.9 Å². The van der Waals surface area contributed by atoms with Crippen molar-refractivity contribution in [2.45, 2.75) is 37.6 Å². The van der Waals surface area contributed by atoms with Crippen molar-refractivity contribution in [1.82, 2.24) is 0 Å². The van der Waals surface area contributed by atoms with Gasteiger partial charge in [-0.2, -0.15) is 0 Å². The van der Waals surface area contributed by atoms with Crippen LogP contribution in [0.4, 0.5) is 0 Å². The largest absolute Gasteiger partial charge is 0.479 e. The SMILES string of the molecule is CC(=O)OC1O[C@H](C(=O)O)[C@@H](O)[C@H](O)[C@H]1O. The van der Waals surface area contributed by atoms with Crippen LogP contribution in [0.25, 0.3) is 0 Å². The maximum Gasteiger partial charge on any atom is 0.335 e. The molecule has 1 unspecified atom stereocenters. The van der Waals surface area contributed by atoms with Gasteiger partial charge in [-0.3, -0.25) is 4.79 Å². The van der Waals surface area contributed by atoms with Gasteiger partial charge in [0.15, 0.2) is 6.10 Å². The van der Waals surface area contributed by atoms with Crippen LogP contribution in [0.3, 0.4) is 0 Å². The van der Waals surface area contributed by atoms with E-state index in [0.29, 0.717) is 0 Å². The Morgan fingerprint density at radius 3 is 2.12 bits per heavy atom. The lowest BCUT2D eigenvalue weighted by molar-refractivity contribution is -0.285. The third-order valence-electron chi connectivity index (χ3n) is 2.10. The lowest BCUT2D eigenvalue weighted by Gasteiger charge is -2.37. The lowest BCUT2D eigenvalue weighted by atomic mass is 9.99. The Labute approximate surface area is 90.0 Å². The Balaban J connectivity index is 2.80. The summed E-state index contributed by atoms with van der Waals surface area (Å²) in [5.74, 6) is -2.34. The fourth-order valence-corrected chi connectivity index (χ4v) is 1.31. The number of hydrogen-bond donors (Lipinski definition) is 4. The molecule has 16 heavy (non-hydrogen) atoms. The molecule has 4 N–H and O–H groups in total. The van der Waals surface area contributed by atoms with Crippen LogP contribution >= 0.6 is 0 Å². The Bertz CT molecular complexity index is 288. The average Bonchev–Trinajstić information content (AvgIpc) is 2.18. The van der Waals surface area contributed by atoms with Crippen LogP contribution in [0.15, 0.2) is 0 Å². The number of ether oxygens (including phenoxy) is 2. The van der Waals surface area contributed by atoms with E-state index in [1.807, 2.05) is 0 Å². The molecule has 1 fully saturated rings. The van der Waals surface area contributed by atoms with Crippen molar-refractivity contribution in [3.8, 4) is 0 Å². The lowest BCUT2D eigenvalue weighted by Crippen LogP contribution is -2.60. The van der Waals surface area contributed by atoms with E-state index in [9.17, 15) is 24.9 Å². The van der Waals surface area contributed by atoms with Crippen LogP contribution in [0.2, 0.25) is 0 Å². The van der Waals surface area contributed by atoms with Crippen LogP contribution in [0, 0.1) is 0 Å². The molecule has 0 radical (unpaired) electrons. The van der Waals surface area contributed by atoms with Crippen molar-refractivity contribution in [3.05, 3.63) is 0 Å². The number of aliphatic carboxylic acids is 1. The predicted octanol–water partition coefficient (Wildman–Crippen LogP) is -2.56. The second-order valence-electron chi connectivity index (χ2n) is 3.34. The number of carbonyl (C=O) groups is 2. The molecule has 1 saturated heterocycles. The first-order valence-electron chi connectivity index (χ1n) is 4.44. The molecule has 1 rings (SSSR count). The summed E-state index contributed by atoms with van der Waals surface area (Å²) in [5, 5.41) is 36.6. The summed E-state index contributed by atoms with van der Waals surface area (Å²) in [7, 11) is 0. The predicted molar refractivity (Wildman–Crippen MR) is 46.1 cm³/mol. The van der Waals surface area contributed by atoms with Gasteiger partial charge in [0.25, 0.3) is 0 Å². The Hall–Kier alpha value is -1.22. The minimum absolute atomic E-state index is 0.809. The number of aliphatic hydroxyl groups excluding tert-OH is 3. The molecule has 0 saturated carbocycles. The molecular formula is C8H12O8. The van der Waals surface area contributed by atoms with Gasteiger partial charge in [-0.1, -0.05) is 0 Å². The first-order chi connectivity index (χ1) is 7.34. The number of hydrogen-bond acceptors (Lipinski definition) is 7. The third kappa shape index (κ3) is 2.47. The second-order valence-corrected chi connectivity index (χ2v) is 3.34. The zero-order valence-corrected chi connectivity index (χ0v) is 8.31. The van der Waals surface area contributed by atoms with Gasteiger partial charge in [0.2, 0.25) is 6.29 Å². The number of aliphatic hydroxyl groups is 3. The summed E-state index contributed by atoms with van der Waals surface area (Å²) in [6.45, 7) is 1.03. The third-order valence-corrected chi connectivity index (χ3v) is 2.10. The molecule has 0 bridgehead atoms. The van der Waals surface area contributed by atoms with Crippen LogP contribution in [0.5, 0.6) is 0 Å². The molecule has 0 aromatic heterocycles. The molecule has 92 valence electrons. The maximum atomic E-state index is 10.6. The first-order valence-corrected chi connectivity index (χ1v) is 4.44. The van der Waals surface area contributed by atoms with Crippen molar-refractivity contribution in [2.75, 3.05) is 0 Å². The summed E-state index contributed by atoms with van der Waals surface area (Å²) in [5.41, 5.74) is 0. The zero-order chi connectivity index (χ0) is 12.5. The summed E-state index contributed by atoms with van der Waals surface area (Å²) in [6.07, 6.45) is -8.63. The maximum absolute atomic E-state index is 10.6. The summed E-state index contributed by atoms with van der Waals surface area (Å²) >= 11 is 0. The normalized spacial score (nSPS) is 39.1. The van der Waals surface area contributed by atoms with Crippen molar-refractivity contribution in [1.29, 1.82) is 0 Å². The van der Waals surface area contributed by atoms with Gasteiger partial charge < -0.3 is 29.9 Å². The summed E-state index contributed by atoms with van der Waals surface area (Å²) < 4.78 is 9.11. The monoisotopic (exact) mass is 236 g/mol. The Morgan fingerprint density at radius 2 is 1.69 bits per heavy atom. The molecular weight excluding hydrogens is 224 g/mol.